The predicted octanol–water partition coefficient (Wildman–Crippen LogP) is 2.15. The summed E-state index contributed by atoms with van der Waals surface area (Å²) in [6.45, 7) is 6.33. The molecule has 0 fully saturated rings. The Kier molecular flexibility index (Phi) is 6.10. The number of hydrogen-bond acceptors (Lipinski definition) is 3. The molecule has 0 aliphatic rings. The van der Waals surface area contributed by atoms with Crippen LogP contribution in [-0.4, -0.2) is 30.2 Å². The lowest BCUT2D eigenvalue weighted by Crippen LogP contribution is -2.44. The van der Waals surface area contributed by atoms with Crippen LogP contribution in [0.4, 0.5) is 10.1 Å². The van der Waals surface area contributed by atoms with Crippen LogP contribution in [0.15, 0.2) is 24.3 Å². The minimum absolute atomic E-state index is 0.0331. The smallest absolute Gasteiger partial charge is 0.238 e. The van der Waals surface area contributed by atoms with Gasteiger partial charge in [0.25, 0.3) is 0 Å². The van der Waals surface area contributed by atoms with Crippen molar-refractivity contribution in [1.29, 1.82) is 0 Å². The Morgan fingerprint density at radius 2 is 2.10 bits per heavy atom. The maximum absolute atomic E-state index is 13.0. The normalized spacial score (nSPS) is 13.1. The zero-order chi connectivity index (χ0) is 15.2. The van der Waals surface area contributed by atoms with E-state index in [1.165, 1.54) is 12.1 Å². The van der Waals surface area contributed by atoms with Crippen LogP contribution in [0.2, 0.25) is 0 Å². The first-order valence-corrected chi connectivity index (χ1v) is 6.72. The van der Waals surface area contributed by atoms with Crippen LogP contribution in [0.5, 0.6) is 0 Å². The van der Waals surface area contributed by atoms with E-state index in [0.717, 1.165) is 0 Å². The fourth-order valence-corrected chi connectivity index (χ4v) is 1.96. The molecule has 1 rings (SSSR count). The number of amides is 1. The van der Waals surface area contributed by atoms with Crippen molar-refractivity contribution in [3.8, 4) is 0 Å². The monoisotopic (exact) mass is 282 g/mol. The number of halogens is 1. The number of nitrogens with one attached hydrogen (secondary N) is 2. The van der Waals surface area contributed by atoms with E-state index in [1.807, 2.05) is 20.8 Å². The summed E-state index contributed by atoms with van der Waals surface area (Å²) in [7, 11) is 0. The molecule has 0 radical (unpaired) electrons. The van der Waals surface area contributed by atoms with E-state index < -0.39 is 0 Å². The third-order valence-electron chi connectivity index (χ3n) is 3.08. The third kappa shape index (κ3) is 5.67. The molecular weight excluding hydrogens is 259 g/mol. The summed E-state index contributed by atoms with van der Waals surface area (Å²) in [5.41, 5.74) is 0.383. The van der Waals surface area contributed by atoms with Gasteiger partial charge in [-0.05, 0) is 30.0 Å². The van der Waals surface area contributed by atoms with Crippen LogP contribution in [-0.2, 0) is 4.79 Å². The molecule has 4 nitrogen and oxygen atoms in total. The highest BCUT2D eigenvalue weighted by molar-refractivity contribution is 5.92. The van der Waals surface area contributed by atoms with Crippen LogP contribution in [0.25, 0.3) is 0 Å². The maximum atomic E-state index is 13.0. The van der Waals surface area contributed by atoms with E-state index in [2.05, 4.69) is 10.6 Å². The highest BCUT2D eigenvalue weighted by atomic mass is 19.1. The van der Waals surface area contributed by atoms with Crippen molar-refractivity contribution >= 4 is 11.6 Å². The number of aliphatic hydroxyl groups excluding tert-OH is 1. The zero-order valence-electron chi connectivity index (χ0n) is 12.2. The number of rotatable bonds is 6. The zero-order valence-corrected chi connectivity index (χ0v) is 12.2. The number of benzene rings is 1. The van der Waals surface area contributed by atoms with Gasteiger partial charge >= 0.3 is 0 Å². The van der Waals surface area contributed by atoms with E-state index in [9.17, 15) is 9.18 Å². The number of aliphatic hydroxyl groups is 1. The molecule has 0 aliphatic heterocycles. The lowest BCUT2D eigenvalue weighted by molar-refractivity contribution is -0.115. The van der Waals surface area contributed by atoms with Crippen molar-refractivity contribution in [3.63, 3.8) is 0 Å². The molecule has 0 aromatic heterocycles. The fourth-order valence-electron chi connectivity index (χ4n) is 1.96. The van der Waals surface area contributed by atoms with Crippen LogP contribution in [0, 0.1) is 11.2 Å². The Morgan fingerprint density at radius 1 is 1.40 bits per heavy atom. The highest BCUT2D eigenvalue weighted by Gasteiger charge is 2.24. The molecule has 3 N–H and O–H groups in total. The minimum atomic E-state index is -0.386. The lowest BCUT2D eigenvalue weighted by atomic mass is 9.85. The second-order valence-corrected chi connectivity index (χ2v) is 5.87. The molecular formula is C15H23FN2O2. The Hall–Kier alpha value is -1.46. The first kappa shape index (κ1) is 16.6. The van der Waals surface area contributed by atoms with Gasteiger partial charge in [0.15, 0.2) is 0 Å². The third-order valence-corrected chi connectivity index (χ3v) is 3.08. The predicted molar refractivity (Wildman–Crippen MR) is 78.0 cm³/mol. The molecule has 0 saturated carbocycles. The summed E-state index contributed by atoms with van der Waals surface area (Å²) < 4.78 is 13.0. The SMILES string of the molecule is CC(C)(C)C(CCO)NCC(=O)Nc1cccc(F)c1. The molecule has 1 atom stereocenters. The van der Waals surface area contributed by atoms with Crippen molar-refractivity contribution in [1.82, 2.24) is 5.32 Å². The van der Waals surface area contributed by atoms with Gasteiger partial charge in [0.05, 0.1) is 6.54 Å². The quantitative estimate of drug-likeness (QED) is 0.749. The summed E-state index contributed by atoms with van der Waals surface area (Å²) in [5, 5.41) is 14.8. The average Bonchev–Trinajstić information content (AvgIpc) is 2.33. The average molecular weight is 282 g/mol. The maximum Gasteiger partial charge on any atom is 0.238 e. The van der Waals surface area contributed by atoms with Crippen LogP contribution >= 0.6 is 0 Å². The number of anilines is 1. The van der Waals surface area contributed by atoms with E-state index in [4.69, 9.17) is 5.11 Å². The van der Waals surface area contributed by atoms with E-state index in [-0.39, 0.29) is 36.3 Å². The molecule has 112 valence electrons. The van der Waals surface area contributed by atoms with Gasteiger partial charge in [0.2, 0.25) is 5.91 Å². The molecule has 1 aromatic carbocycles. The van der Waals surface area contributed by atoms with Gasteiger partial charge in [-0.1, -0.05) is 26.8 Å². The molecule has 5 heteroatoms. The van der Waals surface area contributed by atoms with E-state index in [0.29, 0.717) is 12.1 Å². The van der Waals surface area contributed by atoms with Crippen molar-refractivity contribution in [2.75, 3.05) is 18.5 Å². The van der Waals surface area contributed by atoms with Gasteiger partial charge in [-0.2, -0.15) is 0 Å². The summed E-state index contributed by atoms with van der Waals surface area (Å²) in [6, 6.07) is 5.81. The second kappa shape index (κ2) is 7.36. The summed E-state index contributed by atoms with van der Waals surface area (Å²) in [5.74, 6) is -0.619. The van der Waals surface area contributed by atoms with Gasteiger partial charge in [0.1, 0.15) is 5.82 Å². The molecule has 1 aromatic rings. The summed E-state index contributed by atoms with van der Waals surface area (Å²) in [4.78, 5) is 11.8. The number of hydrogen-bond donors (Lipinski definition) is 3. The van der Waals surface area contributed by atoms with Crippen LogP contribution < -0.4 is 10.6 Å². The van der Waals surface area contributed by atoms with Crippen molar-refractivity contribution in [3.05, 3.63) is 30.1 Å². The Labute approximate surface area is 119 Å². The minimum Gasteiger partial charge on any atom is -0.396 e. The summed E-state index contributed by atoms with van der Waals surface area (Å²) in [6.07, 6.45) is 0.580. The molecule has 0 saturated heterocycles. The van der Waals surface area contributed by atoms with Gasteiger partial charge in [-0.15, -0.1) is 0 Å². The fraction of sp³-hybridized carbons (Fsp3) is 0.533. The molecule has 0 aliphatic carbocycles. The Morgan fingerprint density at radius 3 is 2.65 bits per heavy atom. The standard InChI is InChI=1S/C15H23FN2O2/c1-15(2,3)13(7-8-19)17-10-14(20)18-12-6-4-5-11(16)9-12/h4-6,9,13,17,19H,7-8,10H2,1-3H3,(H,18,20). The number of carbonyl (C=O) groups excluding carboxylic acids is 1. The first-order chi connectivity index (χ1) is 9.32. The molecule has 0 bridgehead atoms. The molecule has 1 unspecified atom stereocenters. The van der Waals surface area contributed by atoms with Crippen molar-refractivity contribution in [2.24, 2.45) is 5.41 Å². The molecule has 0 spiro atoms. The van der Waals surface area contributed by atoms with Gasteiger partial charge < -0.3 is 15.7 Å². The lowest BCUT2D eigenvalue weighted by Gasteiger charge is -2.31. The van der Waals surface area contributed by atoms with Crippen molar-refractivity contribution in [2.45, 2.75) is 33.2 Å². The van der Waals surface area contributed by atoms with E-state index in [1.54, 1.807) is 12.1 Å². The number of carbonyl (C=O) groups is 1. The molecule has 0 heterocycles. The summed E-state index contributed by atoms with van der Waals surface area (Å²) >= 11 is 0. The van der Waals surface area contributed by atoms with E-state index >= 15 is 0 Å². The molecule has 1 amide bonds. The largest absolute Gasteiger partial charge is 0.396 e. The second-order valence-electron chi connectivity index (χ2n) is 5.87. The first-order valence-electron chi connectivity index (χ1n) is 6.72. The van der Waals surface area contributed by atoms with Crippen LogP contribution in [0.3, 0.4) is 0 Å². The topological polar surface area (TPSA) is 61.4 Å². The van der Waals surface area contributed by atoms with Gasteiger partial charge in [-0.3, -0.25) is 4.79 Å². The highest BCUT2D eigenvalue weighted by Crippen LogP contribution is 2.21. The Bertz CT molecular complexity index is 444. The van der Waals surface area contributed by atoms with Gasteiger partial charge in [-0.25, -0.2) is 4.39 Å². The Balaban J connectivity index is 2.50. The molecule has 20 heavy (non-hydrogen) atoms. The van der Waals surface area contributed by atoms with Gasteiger partial charge in [0, 0.05) is 18.3 Å². The van der Waals surface area contributed by atoms with Crippen molar-refractivity contribution < 1.29 is 14.3 Å². The van der Waals surface area contributed by atoms with Crippen LogP contribution in [0.1, 0.15) is 27.2 Å².